The summed E-state index contributed by atoms with van der Waals surface area (Å²) in [5, 5.41) is 0. The monoisotopic (exact) mass is 321 g/mol. The summed E-state index contributed by atoms with van der Waals surface area (Å²) in [5.41, 5.74) is 2.01. The van der Waals surface area contributed by atoms with Crippen molar-refractivity contribution in [3.05, 3.63) is 54.6 Å². The number of aromatic nitrogens is 2. The molecule has 0 amide bonds. The SMILES string of the molecule is O=C(Oc1ccccc1)C1CCN(c2nc3ccccc3[nH]2)CC1. The Morgan fingerprint density at radius 3 is 2.50 bits per heavy atom. The van der Waals surface area contributed by atoms with E-state index in [9.17, 15) is 4.79 Å². The van der Waals surface area contributed by atoms with Crippen molar-refractivity contribution in [1.29, 1.82) is 0 Å². The number of H-pyrrole nitrogens is 1. The summed E-state index contributed by atoms with van der Waals surface area (Å²) >= 11 is 0. The van der Waals surface area contributed by atoms with Crippen LogP contribution in [0.5, 0.6) is 5.75 Å². The number of aromatic amines is 1. The van der Waals surface area contributed by atoms with Crippen molar-refractivity contribution in [2.75, 3.05) is 18.0 Å². The zero-order valence-corrected chi connectivity index (χ0v) is 13.3. The van der Waals surface area contributed by atoms with Crippen LogP contribution in [0.15, 0.2) is 54.6 Å². The molecule has 1 aromatic heterocycles. The van der Waals surface area contributed by atoms with Crippen LogP contribution in [0.1, 0.15) is 12.8 Å². The van der Waals surface area contributed by atoms with Crippen molar-refractivity contribution in [2.45, 2.75) is 12.8 Å². The molecule has 24 heavy (non-hydrogen) atoms. The van der Waals surface area contributed by atoms with Gasteiger partial charge in [-0.1, -0.05) is 30.3 Å². The van der Waals surface area contributed by atoms with Crippen molar-refractivity contribution in [3.8, 4) is 5.75 Å². The van der Waals surface area contributed by atoms with E-state index in [1.165, 1.54) is 0 Å². The predicted molar refractivity (Wildman–Crippen MR) is 93.1 cm³/mol. The van der Waals surface area contributed by atoms with Gasteiger partial charge in [0.15, 0.2) is 0 Å². The topological polar surface area (TPSA) is 58.2 Å². The molecule has 0 unspecified atom stereocenters. The van der Waals surface area contributed by atoms with Gasteiger partial charge >= 0.3 is 5.97 Å². The van der Waals surface area contributed by atoms with Gasteiger partial charge in [-0.3, -0.25) is 4.79 Å². The number of piperidine rings is 1. The maximum Gasteiger partial charge on any atom is 0.314 e. The van der Waals surface area contributed by atoms with E-state index in [1.807, 2.05) is 42.5 Å². The van der Waals surface area contributed by atoms with Crippen LogP contribution >= 0.6 is 0 Å². The van der Waals surface area contributed by atoms with Gasteiger partial charge in [-0.25, -0.2) is 4.98 Å². The first-order chi connectivity index (χ1) is 11.8. The molecule has 1 aliphatic rings. The van der Waals surface area contributed by atoms with E-state index < -0.39 is 0 Å². The minimum atomic E-state index is -0.134. The minimum Gasteiger partial charge on any atom is -0.426 e. The molecule has 122 valence electrons. The van der Waals surface area contributed by atoms with E-state index in [2.05, 4.69) is 14.9 Å². The molecule has 0 spiro atoms. The lowest BCUT2D eigenvalue weighted by molar-refractivity contribution is -0.139. The standard InChI is InChI=1S/C19H19N3O2/c23-18(24-15-6-2-1-3-7-15)14-10-12-22(13-11-14)19-20-16-8-4-5-9-17(16)21-19/h1-9,14H,10-13H2,(H,20,21). The molecule has 1 fully saturated rings. The number of hydrogen-bond acceptors (Lipinski definition) is 4. The number of carbonyl (C=O) groups excluding carboxylic acids is 1. The molecule has 5 nitrogen and oxygen atoms in total. The van der Waals surface area contributed by atoms with Crippen molar-refractivity contribution in [1.82, 2.24) is 9.97 Å². The number of nitrogens with zero attached hydrogens (tertiary/aromatic N) is 2. The molecule has 0 atom stereocenters. The Kier molecular flexibility index (Phi) is 3.91. The molecule has 0 radical (unpaired) electrons. The van der Waals surface area contributed by atoms with Crippen molar-refractivity contribution >= 4 is 23.0 Å². The van der Waals surface area contributed by atoms with Crippen LogP contribution < -0.4 is 9.64 Å². The molecule has 0 aliphatic carbocycles. The Morgan fingerprint density at radius 1 is 1.04 bits per heavy atom. The van der Waals surface area contributed by atoms with Crippen LogP contribution in [0, 0.1) is 5.92 Å². The van der Waals surface area contributed by atoms with E-state index in [-0.39, 0.29) is 11.9 Å². The second-order valence-electron chi connectivity index (χ2n) is 6.07. The normalized spacial score (nSPS) is 15.6. The Labute approximate surface area is 140 Å². The third-order valence-electron chi connectivity index (χ3n) is 4.47. The Bertz CT molecular complexity index is 803. The molecule has 4 rings (SSSR count). The number of rotatable bonds is 3. The summed E-state index contributed by atoms with van der Waals surface area (Å²) in [6.07, 6.45) is 1.56. The van der Waals surface area contributed by atoms with Gasteiger partial charge in [0.25, 0.3) is 0 Å². The smallest absolute Gasteiger partial charge is 0.314 e. The van der Waals surface area contributed by atoms with E-state index in [0.717, 1.165) is 42.9 Å². The molecule has 3 aromatic rings. The van der Waals surface area contributed by atoms with Gasteiger partial charge in [0.05, 0.1) is 17.0 Å². The summed E-state index contributed by atoms with van der Waals surface area (Å²) in [6, 6.07) is 17.3. The fourth-order valence-corrected chi connectivity index (χ4v) is 3.10. The number of nitrogens with one attached hydrogen (secondary N) is 1. The highest BCUT2D eigenvalue weighted by molar-refractivity contribution is 5.78. The second kappa shape index (κ2) is 6.35. The van der Waals surface area contributed by atoms with E-state index in [1.54, 1.807) is 12.1 Å². The molecule has 1 saturated heterocycles. The molecule has 5 heteroatoms. The number of anilines is 1. The van der Waals surface area contributed by atoms with E-state index in [4.69, 9.17) is 4.74 Å². The number of ether oxygens (including phenoxy) is 1. The van der Waals surface area contributed by atoms with Crippen LogP contribution in [0.25, 0.3) is 11.0 Å². The van der Waals surface area contributed by atoms with Gasteiger partial charge in [0.1, 0.15) is 5.75 Å². The molecular formula is C19H19N3O2. The van der Waals surface area contributed by atoms with Gasteiger partial charge < -0.3 is 14.6 Å². The summed E-state index contributed by atoms with van der Waals surface area (Å²) in [6.45, 7) is 1.60. The fourth-order valence-electron chi connectivity index (χ4n) is 3.10. The zero-order chi connectivity index (χ0) is 16.4. The average molecular weight is 321 g/mol. The summed E-state index contributed by atoms with van der Waals surface area (Å²) in [7, 11) is 0. The lowest BCUT2D eigenvalue weighted by Gasteiger charge is -2.30. The van der Waals surface area contributed by atoms with Gasteiger partial charge in [0, 0.05) is 13.1 Å². The van der Waals surface area contributed by atoms with Crippen molar-refractivity contribution in [2.24, 2.45) is 5.92 Å². The third kappa shape index (κ3) is 2.97. The van der Waals surface area contributed by atoms with Gasteiger partial charge in [-0.2, -0.15) is 0 Å². The molecule has 0 saturated carbocycles. The zero-order valence-electron chi connectivity index (χ0n) is 13.3. The Balaban J connectivity index is 1.38. The predicted octanol–water partition coefficient (Wildman–Crippen LogP) is 3.38. The molecule has 0 bridgehead atoms. The van der Waals surface area contributed by atoms with Gasteiger partial charge in [0.2, 0.25) is 5.95 Å². The van der Waals surface area contributed by atoms with Crippen molar-refractivity contribution < 1.29 is 9.53 Å². The Hall–Kier alpha value is -2.82. The quantitative estimate of drug-likeness (QED) is 0.593. The number of esters is 1. The molecule has 2 aromatic carbocycles. The number of carbonyl (C=O) groups is 1. The fraction of sp³-hybridized carbons (Fsp3) is 0.263. The molecule has 1 aliphatic heterocycles. The first-order valence-corrected chi connectivity index (χ1v) is 8.26. The van der Waals surface area contributed by atoms with Crippen LogP contribution in [0.4, 0.5) is 5.95 Å². The highest BCUT2D eigenvalue weighted by Crippen LogP contribution is 2.25. The lowest BCUT2D eigenvalue weighted by atomic mass is 9.97. The molecule has 1 N–H and O–H groups in total. The highest BCUT2D eigenvalue weighted by atomic mass is 16.5. The highest BCUT2D eigenvalue weighted by Gasteiger charge is 2.27. The summed E-state index contributed by atoms with van der Waals surface area (Å²) in [4.78, 5) is 22.5. The summed E-state index contributed by atoms with van der Waals surface area (Å²) in [5.74, 6) is 1.31. The maximum absolute atomic E-state index is 12.3. The molecular weight excluding hydrogens is 302 g/mol. The largest absolute Gasteiger partial charge is 0.426 e. The third-order valence-corrected chi connectivity index (χ3v) is 4.47. The summed E-state index contributed by atoms with van der Waals surface area (Å²) < 4.78 is 5.46. The Morgan fingerprint density at radius 2 is 1.75 bits per heavy atom. The average Bonchev–Trinajstić information content (AvgIpc) is 3.07. The lowest BCUT2D eigenvalue weighted by Crippen LogP contribution is -2.38. The van der Waals surface area contributed by atoms with Crippen LogP contribution in [0.3, 0.4) is 0 Å². The number of para-hydroxylation sites is 3. The van der Waals surface area contributed by atoms with E-state index in [0.29, 0.717) is 5.75 Å². The van der Waals surface area contributed by atoms with Gasteiger partial charge in [-0.05, 0) is 37.1 Å². The van der Waals surface area contributed by atoms with Crippen LogP contribution in [-0.2, 0) is 4.79 Å². The number of benzene rings is 2. The maximum atomic E-state index is 12.3. The molecule has 2 heterocycles. The second-order valence-corrected chi connectivity index (χ2v) is 6.07. The van der Waals surface area contributed by atoms with Crippen LogP contribution in [0.2, 0.25) is 0 Å². The number of imidazole rings is 1. The first kappa shape index (κ1) is 14.8. The van der Waals surface area contributed by atoms with Crippen molar-refractivity contribution in [3.63, 3.8) is 0 Å². The first-order valence-electron chi connectivity index (χ1n) is 8.26. The number of hydrogen-bond donors (Lipinski definition) is 1. The number of fused-ring (bicyclic) bond motifs is 1. The van der Waals surface area contributed by atoms with Gasteiger partial charge in [-0.15, -0.1) is 0 Å². The van der Waals surface area contributed by atoms with Crippen LogP contribution in [-0.4, -0.2) is 29.0 Å². The minimum absolute atomic E-state index is 0.0502. The van der Waals surface area contributed by atoms with E-state index >= 15 is 0 Å².